The fourth-order valence-corrected chi connectivity index (χ4v) is 3.46. The van der Waals surface area contributed by atoms with Crippen molar-refractivity contribution in [2.75, 3.05) is 13.1 Å². The van der Waals surface area contributed by atoms with E-state index in [2.05, 4.69) is 15.4 Å². The maximum Gasteiger partial charge on any atom is 0.241 e. The van der Waals surface area contributed by atoms with Gasteiger partial charge in [0.1, 0.15) is 12.4 Å². The minimum atomic E-state index is -0.115. The molecule has 1 N–H and O–H groups in total. The monoisotopic (exact) mass is 344 g/mol. The topological polar surface area (TPSA) is 85.1 Å². The Hall–Kier alpha value is -2.64. The minimum Gasteiger partial charge on any atom is -0.354 e. The number of hydrogen-bond donors (Lipinski definition) is 1. The van der Waals surface area contributed by atoms with Crippen LogP contribution < -0.4 is 5.32 Å². The minimum absolute atomic E-state index is 0.0813. The molecule has 1 aliphatic heterocycles. The molecule has 3 heterocycles. The molecule has 1 fully saturated rings. The molecule has 1 saturated heterocycles. The van der Waals surface area contributed by atoms with E-state index in [1.54, 1.807) is 29.3 Å². The first-order valence-corrected chi connectivity index (χ1v) is 8.61. The molecule has 0 spiro atoms. The summed E-state index contributed by atoms with van der Waals surface area (Å²) in [7, 11) is 1.93. The molecular formula is C17H24N6O2. The van der Waals surface area contributed by atoms with E-state index >= 15 is 0 Å². The van der Waals surface area contributed by atoms with Crippen LogP contribution in [-0.4, -0.2) is 49.1 Å². The van der Waals surface area contributed by atoms with E-state index in [9.17, 15) is 9.59 Å². The van der Waals surface area contributed by atoms with Crippen molar-refractivity contribution in [1.82, 2.24) is 29.5 Å². The van der Waals surface area contributed by atoms with E-state index in [-0.39, 0.29) is 30.3 Å². The highest BCUT2D eigenvalue weighted by Gasteiger charge is 2.38. The number of hydrogen-bond acceptors (Lipinski definition) is 4. The maximum atomic E-state index is 12.3. The van der Waals surface area contributed by atoms with Crippen molar-refractivity contribution in [1.29, 1.82) is 0 Å². The Bertz CT molecular complexity index is 723. The quantitative estimate of drug-likeness (QED) is 0.837. The molecular weight excluding hydrogens is 320 g/mol. The van der Waals surface area contributed by atoms with Crippen molar-refractivity contribution in [2.45, 2.75) is 32.4 Å². The molecule has 0 radical (unpaired) electrons. The molecule has 0 bridgehead atoms. The van der Waals surface area contributed by atoms with Crippen LogP contribution in [0.4, 0.5) is 0 Å². The molecule has 2 atom stereocenters. The highest BCUT2D eigenvalue weighted by Crippen LogP contribution is 2.35. The van der Waals surface area contributed by atoms with Crippen LogP contribution in [-0.2, 0) is 23.2 Å². The molecule has 0 saturated carbocycles. The fraction of sp³-hybridized carbons (Fsp3) is 0.529. The third kappa shape index (κ3) is 3.72. The lowest BCUT2D eigenvalue weighted by Crippen LogP contribution is -2.47. The maximum absolute atomic E-state index is 12.3. The van der Waals surface area contributed by atoms with Gasteiger partial charge < -0.3 is 14.8 Å². The van der Waals surface area contributed by atoms with E-state index in [4.69, 9.17) is 0 Å². The summed E-state index contributed by atoms with van der Waals surface area (Å²) in [6, 6.07) is 1.67. The van der Waals surface area contributed by atoms with Crippen LogP contribution in [0.15, 0.2) is 30.9 Å². The van der Waals surface area contributed by atoms with E-state index in [1.807, 2.05) is 29.6 Å². The summed E-state index contributed by atoms with van der Waals surface area (Å²) in [5.41, 5.74) is 0. The molecule has 0 aromatic carbocycles. The van der Waals surface area contributed by atoms with Crippen molar-refractivity contribution in [2.24, 2.45) is 13.0 Å². The number of amides is 2. The van der Waals surface area contributed by atoms with E-state index < -0.39 is 0 Å². The summed E-state index contributed by atoms with van der Waals surface area (Å²) in [5.74, 6) is 1.07. The van der Waals surface area contributed by atoms with Gasteiger partial charge in [-0.15, -0.1) is 0 Å². The summed E-state index contributed by atoms with van der Waals surface area (Å²) in [5, 5.41) is 7.03. The zero-order valence-electron chi connectivity index (χ0n) is 14.6. The van der Waals surface area contributed by atoms with Gasteiger partial charge >= 0.3 is 0 Å². The van der Waals surface area contributed by atoms with Crippen LogP contribution in [0.5, 0.6) is 0 Å². The highest BCUT2D eigenvalue weighted by molar-refractivity contribution is 5.78. The third-order valence-corrected chi connectivity index (χ3v) is 4.72. The lowest BCUT2D eigenvalue weighted by atomic mass is 9.87. The number of aromatic nitrogens is 4. The number of carbonyl (C=O) groups excluding carboxylic acids is 2. The number of carbonyl (C=O) groups is 2. The predicted molar refractivity (Wildman–Crippen MR) is 91.3 cm³/mol. The molecule has 8 nitrogen and oxygen atoms in total. The molecule has 1 aliphatic rings. The largest absolute Gasteiger partial charge is 0.354 e. The predicted octanol–water partition coefficient (Wildman–Crippen LogP) is 0.733. The smallest absolute Gasteiger partial charge is 0.241 e. The van der Waals surface area contributed by atoms with E-state index in [0.717, 1.165) is 12.2 Å². The number of rotatable bonds is 6. The van der Waals surface area contributed by atoms with Crippen LogP contribution in [0, 0.1) is 5.92 Å². The van der Waals surface area contributed by atoms with E-state index in [1.165, 1.54) is 0 Å². The normalized spacial score (nSPS) is 20.7. The Balaban J connectivity index is 1.70. The molecule has 2 aromatic heterocycles. The standard InChI is InChI=1S/C17H24N6O2/c1-3-23-15(25)6-5-13(16(23)17-18-8-10-21(17)2)11-19-14(24)12-22-9-4-7-20-22/h4,7-10,13,16H,3,5-6,11-12H2,1-2H3,(H,19,24)/t13-,16+/m1/s1. The molecule has 8 heteroatoms. The molecule has 0 unspecified atom stereocenters. The second-order valence-electron chi connectivity index (χ2n) is 6.33. The summed E-state index contributed by atoms with van der Waals surface area (Å²) < 4.78 is 3.54. The first-order valence-electron chi connectivity index (χ1n) is 8.61. The first kappa shape index (κ1) is 17.2. The van der Waals surface area contributed by atoms with Gasteiger partial charge in [0.15, 0.2) is 0 Å². The molecule has 25 heavy (non-hydrogen) atoms. The van der Waals surface area contributed by atoms with Crippen molar-refractivity contribution in [3.63, 3.8) is 0 Å². The lowest BCUT2D eigenvalue weighted by molar-refractivity contribution is -0.139. The van der Waals surface area contributed by atoms with Gasteiger partial charge in [-0.25, -0.2) is 4.98 Å². The van der Waals surface area contributed by atoms with Crippen LogP contribution in [0.25, 0.3) is 0 Å². The number of nitrogens with zero attached hydrogens (tertiary/aromatic N) is 5. The van der Waals surface area contributed by atoms with Crippen LogP contribution in [0.3, 0.4) is 0 Å². The van der Waals surface area contributed by atoms with Gasteiger partial charge in [-0.2, -0.15) is 5.10 Å². The van der Waals surface area contributed by atoms with Crippen molar-refractivity contribution >= 4 is 11.8 Å². The van der Waals surface area contributed by atoms with Crippen molar-refractivity contribution in [3.05, 3.63) is 36.7 Å². The molecule has 3 rings (SSSR count). The lowest BCUT2D eigenvalue weighted by Gasteiger charge is -2.40. The number of aryl methyl sites for hydroxylation is 1. The number of imidazole rings is 1. The van der Waals surface area contributed by atoms with Gasteiger partial charge in [-0.05, 0) is 19.4 Å². The Morgan fingerprint density at radius 2 is 2.20 bits per heavy atom. The summed E-state index contributed by atoms with van der Waals surface area (Å²) in [6.07, 6.45) is 8.29. The molecule has 134 valence electrons. The Morgan fingerprint density at radius 1 is 1.36 bits per heavy atom. The van der Waals surface area contributed by atoms with Gasteiger partial charge in [-0.3, -0.25) is 14.3 Å². The number of piperidine rings is 1. The first-order chi connectivity index (χ1) is 12.1. The molecule has 2 amide bonds. The average molecular weight is 344 g/mol. The van der Waals surface area contributed by atoms with E-state index in [0.29, 0.717) is 19.5 Å². The Kier molecular flexibility index (Phi) is 5.16. The highest BCUT2D eigenvalue weighted by atomic mass is 16.2. The Labute approximate surface area is 146 Å². The fourth-order valence-electron chi connectivity index (χ4n) is 3.46. The van der Waals surface area contributed by atoms with Gasteiger partial charge in [0.2, 0.25) is 11.8 Å². The van der Waals surface area contributed by atoms with Gasteiger partial charge in [0.05, 0.1) is 6.04 Å². The average Bonchev–Trinajstić information content (AvgIpc) is 3.25. The van der Waals surface area contributed by atoms with Crippen LogP contribution in [0.2, 0.25) is 0 Å². The second kappa shape index (κ2) is 7.50. The Morgan fingerprint density at radius 3 is 2.84 bits per heavy atom. The zero-order valence-corrected chi connectivity index (χ0v) is 14.6. The number of likely N-dealkylation sites (tertiary alicyclic amines) is 1. The summed E-state index contributed by atoms with van der Waals surface area (Å²) in [4.78, 5) is 30.8. The molecule has 2 aromatic rings. The van der Waals surface area contributed by atoms with Gasteiger partial charge in [-0.1, -0.05) is 0 Å². The number of nitrogens with one attached hydrogen (secondary N) is 1. The molecule has 0 aliphatic carbocycles. The van der Waals surface area contributed by atoms with Crippen LogP contribution in [0.1, 0.15) is 31.6 Å². The summed E-state index contributed by atoms with van der Waals surface area (Å²) in [6.45, 7) is 3.32. The second-order valence-corrected chi connectivity index (χ2v) is 6.33. The van der Waals surface area contributed by atoms with Gasteiger partial charge in [0, 0.05) is 57.3 Å². The zero-order chi connectivity index (χ0) is 17.8. The van der Waals surface area contributed by atoms with Crippen molar-refractivity contribution < 1.29 is 9.59 Å². The summed E-state index contributed by atoms with van der Waals surface area (Å²) >= 11 is 0. The van der Waals surface area contributed by atoms with Crippen LogP contribution >= 0.6 is 0 Å². The van der Waals surface area contributed by atoms with Gasteiger partial charge in [0.25, 0.3) is 0 Å². The van der Waals surface area contributed by atoms with Crippen molar-refractivity contribution in [3.8, 4) is 0 Å². The SMILES string of the molecule is CCN1C(=O)CC[C@H](CNC(=O)Cn2cccn2)[C@H]1c1nccn1C. The third-order valence-electron chi connectivity index (χ3n) is 4.72.